The maximum absolute atomic E-state index is 13.5. The molecular formula is C21H26FN3O. The van der Waals surface area contributed by atoms with E-state index in [-0.39, 0.29) is 18.3 Å². The van der Waals surface area contributed by atoms with Crippen molar-refractivity contribution in [1.82, 2.24) is 5.32 Å². The van der Waals surface area contributed by atoms with Gasteiger partial charge in [0, 0.05) is 24.5 Å². The molecule has 1 saturated heterocycles. The first-order chi connectivity index (χ1) is 12.7. The molecule has 0 bridgehead atoms. The van der Waals surface area contributed by atoms with Crippen molar-refractivity contribution in [2.24, 2.45) is 0 Å². The first kappa shape index (κ1) is 18.4. The molecule has 0 atom stereocenters. The van der Waals surface area contributed by atoms with Gasteiger partial charge < -0.3 is 15.5 Å². The van der Waals surface area contributed by atoms with Crippen molar-refractivity contribution in [1.29, 1.82) is 0 Å². The van der Waals surface area contributed by atoms with E-state index in [4.69, 9.17) is 0 Å². The predicted molar refractivity (Wildman–Crippen MR) is 104 cm³/mol. The Morgan fingerprint density at radius 3 is 2.46 bits per heavy atom. The Hall–Kier alpha value is -2.40. The lowest BCUT2D eigenvalue weighted by atomic mass is 10.1. The van der Waals surface area contributed by atoms with Crippen molar-refractivity contribution < 1.29 is 9.18 Å². The molecule has 0 saturated carbocycles. The van der Waals surface area contributed by atoms with E-state index in [0.717, 1.165) is 18.8 Å². The number of carbonyl (C=O) groups excluding carboxylic acids is 1. The van der Waals surface area contributed by atoms with Crippen molar-refractivity contribution in [3.8, 4) is 0 Å². The fraction of sp³-hybridized carbons (Fsp3) is 0.381. The summed E-state index contributed by atoms with van der Waals surface area (Å²) in [4.78, 5) is 14.4. The van der Waals surface area contributed by atoms with Gasteiger partial charge in [-0.1, -0.05) is 18.2 Å². The molecule has 1 fully saturated rings. The largest absolute Gasteiger partial charge is 0.372 e. The Bertz CT molecular complexity index is 711. The highest BCUT2D eigenvalue weighted by Crippen LogP contribution is 2.21. The van der Waals surface area contributed by atoms with E-state index in [2.05, 4.69) is 27.7 Å². The zero-order chi connectivity index (χ0) is 18.2. The Morgan fingerprint density at radius 1 is 1.00 bits per heavy atom. The summed E-state index contributed by atoms with van der Waals surface area (Å²) in [5, 5.41) is 5.95. The quantitative estimate of drug-likeness (QED) is 0.746. The molecule has 1 heterocycles. The zero-order valence-corrected chi connectivity index (χ0v) is 15.0. The SMILES string of the molecule is O=C(CNCCc1ccccc1F)Nc1ccc(N2CCCCC2)cc1. The molecule has 0 aromatic heterocycles. The van der Waals surface area contributed by atoms with Gasteiger partial charge in [0.2, 0.25) is 5.91 Å². The Morgan fingerprint density at radius 2 is 1.73 bits per heavy atom. The average molecular weight is 355 g/mol. The maximum atomic E-state index is 13.5. The number of nitrogens with one attached hydrogen (secondary N) is 2. The number of anilines is 2. The van der Waals surface area contributed by atoms with Gasteiger partial charge in [0.05, 0.1) is 6.54 Å². The van der Waals surface area contributed by atoms with Crippen molar-refractivity contribution in [2.45, 2.75) is 25.7 Å². The molecule has 5 heteroatoms. The average Bonchev–Trinajstić information content (AvgIpc) is 2.68. The number of carbonyl (C=O) groups is 1. The summed E-state index contributed by atoms with van der Waals surface area (Å²) in [6.45, 7) is 2.99. The summed E-state index contributed by atoms with van der Waals surface area (Å²) in [5.41, 5.74) is 2.67. The van der Waals surface area contributed by atoms with Crippen LogP contribution in [0.3, 0.4) is 0 Å². The number of halogens is 1. The zero-order valence-electron chi connectivity index (χ0n) is 15.0. The Kier molecular flexibility index (Phi) is 6.61. The second-order valence-corrected chi connectivity index (χ2v) is 6.66. The molecule has 2 aromatic rings. The lowest BCUT2D eigenvalue weighted by Crippen LogP contribution is -2.30. The highest BCUT2D eigenvalue weighted by atomic mass is 19.1. The minimum atomic E-state index is -0.201. The van der Waals surface area contributed by atoms with Gasteiger partial charge in [0.25, 0.3) is 0 Å². The molecule has 138 valence electrons. The van der Waals surface area contributed by atoms with Gasteiger partial charge in [0.15, 0.2) is 0 Å². The van der Waals surface area contributed by atoms with E-state index < -0.39 is 0 Å². The molecular weight excluding hydrogens is 329 g/mol. The number of piperidine rings is 1. The van der Waals surface area contributed by atoms with E-state index in [0.29, 0.717) is 18.5 Å². The van der Waals surface area contributed by atoms with Crippen LogP contribution in [0.1, 0.15) is 24.8 Å². The van der Waals surface area contributed by atoms with E-state index in [1.165, 1.54) is 31.0 Å². The van der Waals surface area contributed by atoms with Crippen LogP contribution < -0.4 is 15.5 Å². The maximum Gasteiger partial charge on any atom is 0.238 e. The Labute approximate surface area is 154 Å². The van der Waals surface area contributed by atoms with Gasteiger partial charge in [-0.3, -0.25) is 4.79 Å². The van der Waals surface area contributed by atoms with Gasteiger partial charge in [-0.25, -0.2) is 4.39 Å². The summed E-state index contributed by atoms with van der Waals surface area (Å²) < 4.78 is 13.5. The standard InChI is InChI=1S/C21H26FN3O/c22-20-7-3-2-6-17(20)12-13-23-16-21(26)24-18-8-10-19(11-9-18)25-14-4-1-5-15-25/h2-3,6-11,23H,1,4-5,12-16H2,(H,24,26). The minimum Gasteiger partial charge on any atom is -0.372 e. The van der Waals surface area contributed by atoms with Crippen molar-refractivity contribution in [2.75, 3.05) is 36.4 Å². The summed E-state index contributed by atoms with van der Waals surface area (Å²) in [5.74, 6) is -0.295. The van der Waals surface area contributed by atoms with Crippen LogP contribution in [0.15, 0.2) is 48.5 Å². The highest BCUT2D eigenvalue weighted by Gasteiger charge is 2.11. The molecule has 1 aliphatic heterocycles. The topological polar surface area (TPSA) is 44.4 Å². The number of hydrogen-bond donors (Lipinski definition) is 2. The molecule has 26 heavy (non-hydrogen) atoms. The summed E-state index contributed by atoms with van der Waals surface area (Å²) in [6.07, 6.45) is 4.37. The fourth-order valence-corrected chi connectivity index (χ4v) is 3.24. The van der Waals surface area contributed by atoms with Crippen LogP contribution in [0.4, 0.5) is 15.8 Å². The molecule has 1 aliphatic rings. The monoisotopic (exact) mass is 355 g/mol. The summed E-state index contributed by atoms with van der Waals surface area (Å²) in [7, 11) is 0. The van der Waals surface area contributed by atoms with Crippen LogP contribution in [0.5, 0.6) is 0 Å². The van der Waals surface area contributed by atoms with Gasteiger partial charge in [-0.15, -0.1) is 0 Å². The van der Waals surface area contributed by atoms with Crippen molar-refractivity contribution in [3.05, 3.63) is 59.9 Å². The molecule has 4 nitrogen and oxygen atoms in total. The summed E-state index contributed by atoms with van der Waals surface area (Å²) >= 11 is 0. The lowest BCUT2D eigenvalue weighted by molar-refractivity contribution is -0.115. The normalized spacial score (nSPS) is 14.3. The molecule has 0 spiro atoms. The molecule has 0 aliphatic carbocycles. The molecule has 0 radical (unpaired) electrons. The highest BCUT2D eigenvalue weighted by molar-refractivity contribution is 5.92. The second-order valence-electron chi connectivity index (χ2n) is 6.66. The minimum absolute atomic E-state index is 0.0933. The predicted octanol–water partition coefficient (Wildman–Crippen LogP) is 3.59. The third-order valence-electron chi connectivity index (χ3n) is 4.69. The van der Waals surface area contributed by atoms with E-state index in [1.54, 1.807) is 12.1 Å². The van der Waals surface area contributed by atoms with E-state index >= 15 is 0 Å². The van der Waals surface area contributed by atoms with Gasteiger partial charge in [-0.2, -0.15) is 0 Å². The number of nitrogens with zero attached hydrogens (tertiary/aromatic N) is 1. The first-order valence-corrected chi connectivity index (χ1v) is 9.31. The van der Waals surface area contributed by atoms with Crippen LogP contribution in [0, 0.1) is 5.82 Å². The van der Waals surface area contributed by atoms with Crippen molar-refractivity contribution >= 4 is 17.3 Å². The third kappa shape index (κ3) is 5.30. The van der Waals surface area contributed by atoms with E-state index in [1.807, 2.05) is 18.2 Å². The molecule has 1 amide bonds. The number of benzene rings is 2. The number of rotatable bonds is 7. The molecule has 0 unspecified atom stereocenters. The smallest absolute Gasteiger partial charge is 0.238 e. The van der Waals surface area contributed by atoms with Gasteiger partial charge in [-0.05, 0) is 68.1 Å². The number of amides is 1. The first-order valence-electron chi connectivity index (χ1n) is 9.31. The summed E-state index contributed by atoms with van der Waals surface area (Å²) in [6, 6.07) is 14.7. The van der Waals surface area contributed by atoms with Gasteiger partial charge in [0.1, 0.15) is 5.82 Å². The van der Waals surface area contributed by atoms with Crippen LogP contribution in [-0.4, -0.2) is 32.1 Å². The molecule has 2 N–H and O–H groups in total. The fourth-order valence-electron chi connectivity index (χ4n) is 3.24. The van der Waals surface area contributed by atoms with E-state index in [9.17, 15) is 9.18 Å². The molecule has 2 aromatic carbocycles. The van der Waals surface area contributed by atoms with Crippen LogP contribution >= 0.6 is 0 Å². The van der Waals surface area contributed by atoms with Crippen LogP contribution in [-0.2, 0) is 11.2 Å². The lowest BCUT2D eigenvalue weighted by Gasteiger charge is -2.28. The van der Waals surface area contributed by atoms with Crippen molar-refractivity contribution in [3.63, 3.8) is 0 Å². The third-order valence-corrected chi connectivity index (χ3v) is 4.69. The van der Waals surface area contributed by atoms with Crippen LogP contribution in [0.25, 0.3) is 0 Å². The number of hydrogen-bond acceptors (Lipinski definition) is 3. The molecule has 3 rings (SSSR count). The van der Waals surface area contributed by atoms with Gasteiger partial charge >= 0.3 is 0 Å². The second kappa shape index (κ2) is 9.34. The Balaban J connectivity index is 1.39. The van der Waals surface area contributed by atoms with Crippen LogP contribution in [0.2, 0.25) is 0 Å².